The van der Waals surface area contributed by atoms with Gasteiger partial charge in [-0.25, -0.2) is 0 Å². The Labute approximate surface area is 108 Å². The molecule has 5 heteroatoms. The Morgan fingerprint density at radius 1 is 1.50 bits per heavy atom. The van der Waals surface area contributed by atoms with Crippen LogP contribution in [0.1, 0.15) is 24.9 Å². The Hall–Kier alpha value is 0.0600. The molecule has 3 nitrogen and oxygen atoms in total. The van der Waals surface area contributed by atoms with Gasteiger partial charge in [0.2, 0.25) is 0 Å². The Morgan fingerprint density at radius 2 is 2.25 bits per heavy atom. The van der Waals surface area contributed by atoms with Gasteiger partial charge in [-0.2, -0.15) is 11.3 Å². The van der Waals surface area contributed by atoms with Gasteiger partial charge in [0.25, 0.3) is 0 Å². The third-order valence-electron chi connectivity index (χ3n) is 2.59. The summed E-state index contributed by atoms with van der Waals surface area (Å²) < 4.78 is 12.2. The molecule has 16 heavy (non-hydrogen) atoms. The molecule has 0 radical (unpaired) electrons. The molecule has 0 bridgehead atoms. The fourth-order valence-corrected chi connectivity index (χ4v) is 3.47. The van der Waals surface area contributed by atoms with Gasteiger partial charge < -0.3 is 14.8 Å². The molecule has 0 aliphatic carbocycles. The fourth-order valence-electron chi connectivity index (χ4n) is 1.84. The predicted molar refractivity (Wildman–Crippen MR) is 68.7 cm³/mol. The van der Waals surface area contributed by atoms with E-state index >= 15 is 0 Å². The zero-order valence-electron chi connectivity index (χ0n) is 9.24. The van der Waals surface area contributed by atoms with E-state index in [-0.39, 0.29) is 6.29 Å². The highest BCUT2D eigenvalue weighted by Gasteiger charge is 2.23. The van der Waals surface area contributed by atoms with Crippen LogP contribution in [0.3, 0.4) is 0 Å². The van der Waals surface area contributed by atoms with Crippen molar-refractivity contribution in [2.75, 3.05) is 19.8 Å². The summed E-state index contributed by atoms with van der Waals surface area (Å²) in [6.07, 6.45) is 0.805. The normalized spacial score (nSPS) is 19.1. The van der Waals surface area contributed by atoms with E-state index in [1.165, 1.54) is 10.0 Å². The van der Waals surface area contributed by atoms with Crippen LogP contribution < -0.4 is 5.32 Å². The lowest BCUT2D eigenvalue weighted by atomic mass is 10.1. The summed E-state index contributed by atoms with van der Waals surface area (Å²) in [5, 5.41) is 7.75. The van der Waals surface area contributed by atoms with Crippen molar-refractivity contribution in [1.29, 1.82) is 0 Å². The molecule has 1 saturated heterocycles. The van der Waals surface area contributed by atoms with Gasteiger partial charge in [0.15, 0.2) is 6.29 Å². The average molecular weight is 306 g/mol. The average Bonchev–Trinajstić information content (AvgIpc) is 2.88. The zero-order chi connectivity index (χ0) is 11.4. The summed E-state index contributed by atoms with van der Waals surface area (Å²) in [6.45, 7) is 4.49. The molecule has 1 aliphatic heterocycles. The van der Waals surface area contributed by atoms with E-state index in [1.807, 2.05) is 0 Å². The van der Waals surface area contributed by atoms with Crippen molar-refractivity contribution in [1.82, 2.24) is 5.32 Å². The minimum Gasteiger partial charge on any atom is -0.350 e. The number of rotatable bonds is 5. The Morgan fingerprint density at radius 3 is 2.81 bits per heavy atom. The van der Waals surface area contributed by atoms with Gasteiger partial charge in [-0.1, -0.05) is 6.92 Å². The van der Waals surface area contributed by atoms with Gasteiger partial charge in [-0.15, -0.1) is 0 Å². The first kappa shape index (κ1) is 12.5. The first-order valence-electron chi connectivity index (χ1n) is 5.49. The highest BCUT2D eigenvalue weighted by atomic mass is 79.9. The molecule has 0 saturated carbocycles. The number of hydrogen-bond donors (Lipinski definition) is 1. The molecule has 1 unspecified atom stereocenters. The number of halogens is 1. The smallest absolute Gasteiger partial charge is 0.159 e. The summed E-state index contributed by atoms with van der Waals surface area (Å²) in [7, 11) is 0. The van der Waals surface area contributed by atoms with Crippen LogP contribution in [0.25, 0.3) is 0 Å². The molecule has 2 rings (SSSR count). The van der Waals surface area contributed by atoms with Crippen LogP contribution in [0.15, 0.2) is 15.2 Å². The van der Waals surface area contributed by atoms with Crippen molar-refractivity contribution in [3.63, 3.8) is 0 Å². The first-order chi connectivity index (χ1) is 7.81. The van der Waals surface area contributed by atoms with Crippen molar-refractivity contribution >= 4 is 27.3 Å². The zero-order valence-corrected chi connectivity index (χ0v) is 11.6. The molecule has 0 amide bonds. The van der Waals surface area contributed by atoms with E-state index in [4.69, 9.17) is 9.47 Å². The second-order valence-corrected chi connectivity index (χ2v) is 5.29. The standard InChI is InChI=1S/C11H16BrNO2S/c1-2-13-10(5-11-14-3-4-15-11)8-6-16-7-9(8)12/h6-7,10-11,13H,2-5H2,1H3. The number of hydrogen-bond acceptors (Lipinski definition) is 4. The molecular weight excluding hydrogens is 290 g/mol. The van der Waals surface area contributed by atoms with Crippen LogP contribution >= 0.6 is 27.3 Å². The van der Waals surface area contributed by atoms with Crippen LogP contribution in [0, 0.1) is 0 Å². The van der Waals surface area contributed by atoms with Gasteiger partial charge in [-0.3, -0.25) is 0 Å². The minimum atomic E-state index is -0.0594. The minimum absolute atomic E-state index is 0.0594. The molecule has 90 valence electrons. The molecule has 1 N–H and O–H groups in total. The summed E-state index contributed by atoms with van der Waals surface area (Å²) >= 11 is 5.28. The van der Waals surface area contributed by atoms with Gasteiger partial charge in [0.05, 0.1) is 13.2 Å². The third kappa shape index (κ3) is 3.05. The lowest BCUT2D eigenvalue weighted by Gasteiger charge is -2.20. The molecule has 0 aromatic carbocycles. The van der Waals surface area contributed by atoms with Crippen LogP contribution in [0.5, 0.6) is 0 Å². The highest BCUT2D eigenvalue weighted by Crippen LogP contribution is 2.31. The predicted octanol–water partition coefficient (Wildman–Crippen LogP) is 2.92. The second-order valence-electron chi connectivity index (χ2n) is 3.69. The van der Waals surface area contributed by atoms with Crippen LogP contribution in [0.2, 0.25) is 0 Å². The summed E-state index contributed by atoms with van der Waals surface area (Å²) in [4.78, 5) is 0. The maximum Gasteiger partial charge on any atom is 0.159 e. The van der Waals surface area contributed by atoms with E-state index in [1.54, 1.807) is 11.3 Å². The van der Waals surface area contributed by atoms with Crippen molar-refractivity contribution in [2.24, 2.45) is 0 Å². The SMILES string of the molecule is CCNC(CC1OCCO1)c1cscc1Br. The number of ether oxygens (including phenoxy) is 2. The van der Waals surface area contributed by atoms with Crippen LogP contribution in [0.4, 0.5) is 0 Å². The quantitative estimate of drug-likeness (QED) is 0.907. The van der Waals surface area contributed by atoms with Crippen molar-refractivity contribution in [2.45, 2.75) is 25.7 Å². The number of thiophene rings is 1. The lowest BCUT2D eigenvalue weighted by Crippen LogP contribution is -2.25. The van der Waals surface area contributed by atoms with Crippen molar-refractivity contribution in [3.05, 3.63) is 20.8 Å². The second kappa shape index (κ2) is 6.12. The molecule has 1 atom stereocenters. The summed E-state index contributed by atoms with van der Waals surface area (Å²) in [5.41, 5.74) is 1.30. The first-order valence-corrected chi connectivity index (χ1v) is 7.23. The maximum absolute atomic E-state index is 5.49. The van der Waals surface area contributed by atoms with Gasteiger partial charge in [0, 0.05) is 22.3 Å². The highest BCUT2D eigenvalue weighted by molar-refractivity contribution is 9.10. The fraction of sp³-hybridized carbons (Fsp3) is 0.636. The lowest BCUT2D eigenvalue weighted by molar-refractivity contribution is -0.0529. The summed E-state index contributed by atoms with van der Waals surface area (Å²) in [5.74, 6) is 0. The topological polar surface area (TPSA) is 30.5 Å². The maximum atomic E-state index is 5.49. The number of nitrogens with one attached hydrogen (secondary N) is 1. The van der Waals surface area contributed by atoms with Gasteiger partial charge in [0.1, 0.15) is 0 Å². The van der Waals surface area contributed by atoms with Crippen LogP contribution in [-0.4, -0.2) is 26.0 Å². The molecule has 2 heterocycles. The van der Waals surface area contributed by atoms with E-state index in [0.717, 1.165) is 13.0 Å². The Balaban J connectivity index is 2.01. The van der Waals surface area contributed by atoms with Gasteiger partial charge >= 0.3 is 0 Å². The summed E-state index contributed by atoms with van der Waals surface area (Å²) in [6, 6.07) is 0.300. The Bertz CT molecular complexity index is 326. The van der Waals surface area contributed by atoms with Crippen molar-refractivity contribution in [3.8, 4) is 0 Å². The molecule has 1 aromatic heterocycles. The molecular formula is C11H16BrNO2S. The van der Waals surface area contributed by atoms with E-state index in [2.05, 4.69) is 38.9 Å². The molecule has 1 aliphatic rings. The molecule has 0 spiro atoms. The third-order valence-corrected chi connectivity index (χ3v) is 4.34. The molecule has 1 aromatic rings. The van der Waals surface area contributed by atoms with E-state index < -0.39 is 0 Å². The van der Waals surface area contributed by atoms with Crippen LogP contribution in [-0.2, 0) is 9.47 Å². The van der Waals surface area contributed by atoms with E-state index in [9.17, 15) is 0 Å². The monoisotopic (exact) mass is 305 g/mol. The largest absolute Gasteiger partial charge is 0.350 e. The molecule has 1 fully saturated rings. The Kier molecular flexibility index (Phi) is 4.79. The van der Waals surface area contributed by atoms with Gasteiger partial charge in [-0.05, 0) is 33.4 Å². The van der Waals surface area contributed by atoms with E-state index in [0.29, 0.717) is 19.3 Å². The van der Waals surface area contributed by atoms with Crippen molar-refractivity contribution < 1.29 is 9.47 Å².